The highest BCUT2D eigenvalue weighted by atomic mass is 16.5. The van der Waals surface area contributed by atoms with Crippen LogP contribution in [0, 0.1) is 0 Å². The first-order valence-electron chi connectivity index (χ1n) is 11.6. The van der Waals surface area contributed by atoms with E-state index in [2.05, 4.69) is 15.3 Å². The number of piperazine rings is 1. The molecule has 3 N–H and O–H groups in total. The van der Waals surface area contributed by atoms with Gasteiger partial charge in [0.2, 0.25) is 11.8 Å². The zero-order valence-corrected chi connectivity index (χ0v) is 19.1. The number of unbranched alkanes of at least 4 members (excludes halogenated alkanes) is 1. The lowest BCUT2D eigenvalue weighted by Gasteiger charge is -2.34. The van der Waals surface area contributed by atoms with Crippen LogP contribution in [0.3, 0.4) is 0 Å². The lowest BCUT2D eigenvalue weighted by atomic mass is 9.93. The highest BCUT2D eigenvalue weighted by molar-refractivity contribution is 6.03. The van der Waals surface area contributed by atoms with Gasteiger partial charge in [0.25, 0.3) is 5.91 Å². The van der Waals surface area contributed by atoms with Crippen molar-refractivity contribution in [1.82, 2.24) is 24.9 Å². The Balaban J connectivity index is 1.39. The molecule has 3 heterocycles. The van der Waals surface area contributed by atoms with Crippen molar-refractivity contribution in [2.45, 2.75) is 31.6 Å². The number of para-hydroxylation sites is 1. The van der Waals surface area contributed by atoms with Crippen LogP contribution in [0.1, 0.15) is 37.3 Å². The van der Waals surface area contributed by atoms with Crippen molar-refractivity contribution in [1.29, 1.82) is 0 Å². The number of hydrogen-bond acceptors (Lipinski definition) is 7. The number of imide groups is 1. The van der Waals surface area contributed by atoms with E-state index in [4.69, 9.17) is 10.5 Å². The van der Waals surface area contributed by atoms with E-state index < -0.39 is 5.92 Å². The first-order chi connectivity index (χ1) is 16.0. The van der Waals surface area contributed by atoms with Gasteiger partial charge in [-0.05, 0) is 38.4 Å². The number of hydrogen-bond donors (Lipinski definition) is 2. The first-order valence-corrected chi connectivity index (χ1v) is 11.6. The van der Waals surface area contributed by atoms with Crippen molar-refractivity contribution < 1.29 is 19.1 Å². The summed E-state index contributed by atoms with van der Waals surface area (Å²) in [6.07, 6.45) is 2.83. The molecule has 2 aliphatic rings. The Morgan fingerprint density at radius 2 is 2.00 bits per heavy atom. The maximum atomic E-state index is 12.7. The molecule has 0 spiro atoms. The molecule has 0 radical (unpaired) electrons. The Labute approximate surface area is 193 Å². The zero-order chi connectivity index (χ0) is 23.4. The smallest absolute Gasteiger partial charge is 0.260 e. The van der Waals surface area contributed by atoms with Gasteiger partial charge in [0.1, 0.15) is 11.3 Å². The van der Waals surface area contributed by atoms with Crippen molar-refractivity contribution in [3.63, 3.8) is 0 Å². The standard InChI is InChI=1S/C23H32N6O4/c1-27-22-16(21(26-27)17-7-8-19(30)25-23(17)32)5-4-6-18(22)33-15-20(31)29-13-11-28(12-14-29)10-3-2-9-24/h4-6,17H,2-3,7-15,24H2,1H3,(H,25,30,32). The number of fused-ring (bicyclic) bond motifs is 1. The molecule has 1 aromatic carbocycles. The molecule has 2 saturated heterocycles. The van der Waals surface area contributed by atoms with Gasteiger partial charge in [-0.15, -0.1) is 0 Å². The van der Waals surface area contributed by atoms with Crippen LogP contribution in [0.15, 0.2) is 18.2 Å². The molecule has 2 fully saturated rings. The molecule has 3 amide bonds. The molecule has 10 nitrogen and oxygen atoms in total. The number of aryl methyl sites for hydroxylation is 1. The van der Waals surface area contributed by atoms with Gasteiger partial charge in [-0.1, -0.05) is 12.1 Å². The summed E-state index contributed by atoms with van der Waals surface area (Å²) in [4.78, 5) is 40.8. The molecule has 0 aliphatic carbocycles. The summed E-state index contributed by atoms with van der Waals surface area (Å²) in [6, 6.07) is 5.53. The van der Waals surface area contributed by atoms with Crippen molar-refractivity contribution in [3.8, 4) is 5.75 Å². The van der Waals surface area contributed by atoms with Crippen LogP contribution in [0.2, 0.25) is 0 Å². The molecule has 1 aromatic heterocycles. The molecule has 178 valence electrons. The third-order valence-corrected chi connectivity index (χ3v) is 6.43. The number of piperidine rings is 1. The van der Waals surface area contributed by atoms with Gasteiger partial charge in [0, 0.05) is 45.0 Å². The molecule has 1 atom stereocenters. The minimum absolute atomic E-state index is 0.0406. The van der Waals surface area contributed by atoms with Crippen LogP contribution in [-0.2, 0) is 21.4 Å². The second kappa shape index (κ2) is 10.3. The third-order valence-electron chi connectivity index (χ3n) is 6.43. The summed E-state index contributed by atoms with van der Waals surface area (Å²) in [7, 11) is 1.79. The number of carbonyl (C=O) groups excluding carboxylic acids is 3. The average Bonchev–Trinajstić information content (AvgIpc) is 3.15. The number of nitrogens with zero attached hydrogens (tertiary/aromatic N) is 4. The SMILES string of the molecule is Cn1nc(C2CCC(=O)NC2=O)c2cccc(OCC(=O)N3CCN(CCCCN)CC3)c21. The molecule has 2 aromatic rings. The van der Waals surface area contributed by atoms with Crippen LogP contribution in [0.5, 0.6) is 5.75 Å². The Morgan fingerprint density at radius 1 is 1.21 bits per heavy atom. The number of carbonyl (C=O) groups is 3. The number of ether oxygens (including phenoxy) is 1. The number of amides is 3. The lowest BCUT2D eigenvalue weighted by Crippen LogP contribution is -2.50. The van der Waals surface area contributed by atoms with Crippen LogP contribution in [0.4, 0.5) is 0 Å². The van der Waals surface area contributed by atoms with Crippen molar-refractivity contribution >= 4 is 28.6 Å². The van der Waals surface area contributed by atoms with Gasteiger partial charge in [-0.2, -0.15) is 5.10 Å². The number of rotatable bonds is 8. The minimum Gasteiger partial charge on any atom is -0.481 e. The summed E-state index contributed by atoms with van der Waals surface area (Å²) >= 11 is 0. The maximum Gasteiger partial charge on any atom is 0.260 e. The van der Waals surface area contributed by atoms with Gasteiger partial charge in [0.15, 0.2) is 6.61 Å². The Morgan fingerprint density at radius 3 is 2.73 bits per heavy atom. The second-order valence-corrected chi connectivity index (χ2v) is 8.67. The Kier molecular flexibility index (Phi) is 7.24. The summed E-state index contributed by atoms with van der Waals surface area (Å²) in [5, 5.41) is 7.75. The van der Waals surface area contributed by atoms with Crippen LogP contribution >= 0.6 is 0 Å². The Bertz CT molecular complexity index is 1030. The molecule has 4 rings (SSSR count). The van der Waals surface area contributed by atoms with E-state index in [1.165, 1.54) is 0 Å². The molecule has 33 heavy (non-hydrogen) atoms. The zero-order valence-electron chi connectivity index (χ0n) is 19.1. The normalized spacial score (nSPS) is 19.7. The average molecular weight is 457 g/mol. The third kappa shape index (κ3) is 5.17. The molecular weight excluding hydrogens is 424 g/mol. The van der Waals surface area contributed by atoms with Crippen molar-refractivity contribution in [2.75, 3.05) is 45.9 Å². The largest absolute Gasteiger partial charge is 0.481 e. The number of nitrogens with two attached hydrogens (primary N) is 1. The van der Waals surface area contributed by atoms with Crippen molar-refractivity contribution in [3.05, 3.63) is 23.9 Å². The Hall–Kier alpha value is -2.98. The summed E-state index contributed by atoms with van der Waals surface area (Å²) in [6.45, 7) is 4.81. The monoisotopic (exact) mass is 456 g/mol. The highest BCUT2D eigenvalue weighted by Crippen LogP contribution is 2.34. The van der Waals surface area contributed by atoms with E-state index in [9.17, 15) is 14.4 Å². The predicted octanol–water partition coefficient (Wildman–Crippen LogP) is 0.355. The fourth-order valence-electron chi connectivity index (χ4n) is 4.59. The van der Waals surface area contributed by atoms with E-state index in [1.54, 1.807) is 17.8 Å². The summed E-state index contributed by atoms with van der Waals surface area (Å²) in [5.74, 6) is -0.550. The molecule has 2 aliphatic heterocycles. The van der Waals surface area contributed by atoms with Crippen molar-refractivity contribution in [2.24, 2.45) is 12.8 Å². The van der Waals surface area contributed by atoms with E-state index in [-0.39, 0.29) is 24.3 Å². The molecular formula is C23H32N6O4. The minimum atomic E-state index is -0.482. The number of benzene rings is 1. The van der Waals surface area contributed by atoms with Crippen LogP contribution < -0.4 is 15.8 Å². The van der Waals surface area contributed by atoms with E-state index >= 15 is 0 Å². The topological polar surface area (TPSA) is 123 Å². The van der Waals surface area contributed by atoms with Gasteiger partial charge in [0.05, 0.1) is 11.6 Å². The van der Waals surface area contributed by atoms with Gasteiger partial charge in [-0.25, -0.2) is 0 Å². The van der Waals surface area contributed by atoms with Crippen LogP contribution in [0.25, 0.3) is 10.9 Å². The van der Waals surface area contributed by atoms with E-state index in [0.29, 0.717) is 43.9 Å². The summed E-state index contributed by atoms with van der Waals surface area (Å²) < 4.78 is 7.61. The quantitative estimate of drug-likeness (QED) is 0.434. The molecule has 1 unspecified atom stereocenters. The lowest BCUT2D eigenvalue weighted by molar-refractivity contribution is -0.135. The number of aromatic nitrogens is 2. The summed E-state index contributed by atoms with van der Waals surface area (Å²) in [5.41, 5.74) is 6.92. The highest BCUT2D eigenvalue weighted by Gasteiger charge is 2.32. The van der Waals surface area contributed by atoms with Gasteiger partial charge in [-0.3, -0.25) is 29.3 Å². The second-order valence-electron chi connectivity index (χ2n) is 8.67. The predicted molar refractivity (Wildman–Crippen MR) is 123 cm³/mol. The molecule has 0 saturated carbocycles. The van der Waals surface area contributed by atoms with E-state index in [0.717, 1.165) is 43.4 Å². The van der Waals surface area contributed by atoms with E-state index in [1.807, 2.05) is 17.0 Å². The molecule has 0 bridgehead atoms. The maximum absolute atomic E-state index is 12.7. The fraction of sp³-hybridized carbons (Fsp3) is 0.565. The number of nitrogens with one attached hydrogen (secondary N) is 1. The van der Waals surface area contributed by atoms with Gasteiger partial charge < -0.3 is 15.4 Å². The van der Waals surface area contributed by atoms with Gasteiger partial charge >= 0.3 is 0 Å². The first kappa shape index (κ1) is 23.2. The fourth-order valence-corrected chi connectivity index (χ4v) is 4.59. The van der Waals surface area contributed by atoms with Crippen LogP contribution in [-0.4, -0.2) is 83.2 Å². The molecule has 10 heteroatoms.